The van der Waals surface area contributed by atoms with Crippen LogP contribution in [-0.4, -0.2) is 70.8 Å². The van der Waals surface area contributed by atoms with Gasteiger partial charge >= 0.3 is 0 Å². The quantitative estimate of drug-likeness (QED) is 0.500. The molecule has 1 spiro atoms. The molecule has 1 saturated carbocycles. The zero-order valence-electron chi connectivity index (χ0n) is 23.8. The van der Waals surface area contributed by atoms with E-state index in [-0.39, 0.29) is 36.7 Å². The number of carbonyl (C=O) groups is 4. The van der Waals surface area contributed by atoms with E-state index in [2.05, 4.69) is 11.4 Å². The molecule has 0 aromatic heterocycles. The van der Waals surface area contributed by atoms with Gasteiger partial charge < -0.3 is 25.8 Å². The molecule has 42 heavy (non-hydrogen) atoms. The average Bonchev–Trinajstić information content (AvgIpc) is 3.24. The van der Waals surface area contributed by atoms with Crippen molar-refractivity contribution in [2.45, 2.75) is 75.5 Å². The van der Waals surface area contributed by atoms with Crippen molar-refractivity contribution in [3.8, 4) is 6.07 Å². The van der Waals surface area contributed by atoms with Crippen molar-refractivity contribution in [3.05, 3.63) is 65.7 Å². The van der Waals surface area contributed by atoms with Crippen LogP contribution < -0.4 is 16.0 Å². The lowest BCUT2D eigenvalue weighted by Crippen LogP contribution is -2.59. The second kappa shape index (κ2) is 12.6. The molecule has 0 bridgehead atoms. The van der Waals surface area contributed by atoms with Crippen molar-refractivity contribution in [3.63, 3.8) is 0 Å². The Hall–Kier alpha value is -4.39. The van der Waals surface area contributed by atoms with E-state index in [9.17, 15) is 24.4 Å². The largest absolute Gasteiger partial charge is 0.366 e. The number of piperidine rings is 1. The SMILES string of the molecule is N#Cc1ccccc1CCC(=O)N1CCC2(CC1)C(=O)N(CC(=O)NC1CCCCC1)[C@H](C(N)=O)N2c1ccccc1. The van der Waals surface area contributed by atoms with E-state index in [0.29, 0.717) is 43.6 Å². The van der Waals surface area contributed by atoms with E-state index in [0.717, 1.165) is 37.7 Å². The number of para-hydroxylation sites is 1. The number of hydrogen-bond acceptors (Lipinski definition) is 6. The van der Waals surface area contributed by atoms with Crippen molar-refractivity contribution in [1.29, 1.82) is 5.26 Å². The predicted molar refractivity (Wildman–Crippen MR) is 157 cm³/mol. The maximum absolute atomic E-state index is 14.2. The van der Waals surface area contributed by atoms with Gasteiger partial charge in [0.2, 0.25) is 11.8 Å². The Morgan fingerprint density at radius 1 is 0.976 bits per heavy atom. The second-order valence-electron chi connectivity index (χ2n) is 11.5. The summed E-state index contributed by atoms with van der Waals surface area (Å²) in [5.74, 6) is -1.37. The molecule has 3 fully saturated rings. The number of rotatable bonds is 8. The summed E-state index contributed by atoms with van der Waals surface area (Å²) in [5, 5.41) is 12.4. The Morgan fingerprint density at radius 3 is 2.31 bits per heavy atom. The van der Waals surface area contributed by atoms with E-state index in [1.165, 1.54) is 4.90 Å². The molecule has 2 heterocycles. The first-order chi connectivity index (χ1) is 20.3. The third-order valence-electron chi connectivity index (χ3n) is 8.92. The number of benzene rings is 2. The fourth-order valence-electron chi connectivity index (χ4n) is 6.77. The zero-order valence-corrected chi connectivity index (χ0v) is 23.8. The minimum absolute atomic E-state index is 0.0514. The van der Waals surface area contributed by atoms with E-state index in [1.54, 1.807) is 21.9 Å². The minimum Gasteiger partial charge on any atom is -0.366 e. The van der Waals surface area contributed by atoms with Crippen LogP contribution in [0.25, 0.3) is 0 Å². The van der Waals surface area contributed by atoms with Gasteiger partial charge in [0.25, 0.3) is 11.8 Å². The van der Waals surface area contributed by atoms with E-state index >= 15 is 0 Å². The molecule has 10 heteroatoms. The number of nitrogens with two attached hydrogens (primary N) is 1. The Labute approximate surface area is 246 Å². The molecule has 2 aliphatic heterocycles. The topological polar surface area (TPSA) is 140 Å². The van der Waals surface area contributed by atoms with Gasteiger partial charge in [-0.25, -0.2) is 0 Å². The van der Waals surface area contributed by atoms with Crippen molar-refractivity contribution >= 4 is 29.3 Å². The van der Waals surface area contributed by atoms with Crippen molar-refractivity contribution in [2.75, 3.05) is 24.5 Å². The molecular formula is C32H38N6O4. The van der Waals surface area contributed by atoms with Crippen LogP contribution in [0.15, 0.2) is 54.6 Å². The van der Waals surface area contributed by atoms with Gasteiger partial charge in [-0.2, -0.15) is 5.26 Å². The summed E-state index contributed by atoms with van der Waals surface area (Å²) < 4.78 is 0. The smallest absolute Gasteiger partial charge is 0.261 e. The maximum Gasteiger partial charge on any atom is 0.261 e. The molecule has 10 nitrogen and oxygen atoms in total. The fraction of sp³-hybridized carbons (Fsp3) is 0.469. The number of primary amides is 1. The normalized spacial score (nSPS) is 20.4. The van der Waals surface area contributed by atoms with Gasteiger partial charge in [-0.3, -0.25) is 19.2 Å². The molecule has 3 N–H and O–H groups in total. The van der Waals surface area contributed by atoms with Gasteiger partial charge in [0.1, 0.15) is 12.1 Å². The lowest BCUT2D eigenvalue weighted by Gasteiger charge is -2.44. The highest BCUT2D eigenvalue weighted by molar-refractivity contribution is 6.03. The van der Waals surface area contributed by atoms with Crippen LogP contribution in [0.3, 0.4) is 0 Å². The third kappa shape index (κ3) is 5.82. The number of carbonyl (C=O) groups excluding carboxylic acids is 4. The number of anilines is 1. The average molecular weight is 571 g/mol. The Bertz CT molecular complexity index is 1360. The number of likely N-dealkylation sites (tertiary alicyclic amines) is 1. The van der Waals surface area contributed by atoms with Crippen LogP contribution in [0.1, 0.15) is 62.5 Å². The highest BCUT2D eigenvalue weighted by Gasteiger charge is 2.60. The molecule has 3 aliphatic rings. The summed E-state index contributed by atoms with van der Waals surface area (Å²) in [6, 6.07) is 18.7. The number of nitrogens with zero attached hydrogens (tertiary/aromatic N) is 4. The summed E-state index contributed by atoms with van der Waals surface area (Å²) >= 11 is 0. The molecule has 2 aromatic rings. The van der Waals surface area contributed by atoms with Gasteiger partial charge in [0.05, 0.1) is 11.6 Å². The van der Waals surface area contributed by atoms with Gasteiger partial charge in [-0.15, -0.1) is 0 Å². The Morgan fingerprint density at radius 2 is 1.64 bits per heavy atom. The van der Waals surface area contributed by atoms with Crippen LogP contribution in [0, 0.1) is 11.3 Å². The molecule has 2 saturated heterocycles. The Kier molecular flexibility index (Phi) is 8.76. The first kappa shape index (κ1) is 29.1. The van der Waals surface area contributed by atoms with Gasteiger partial charge in [-0.05, 0) is 55.9 Å². The van der Waals surface area contributed by atoms with Crippen LogP contribution >= 0.6 is 0 Å². The summed E-state index contributed by atoms with van der Waals surface area (Å²) in [6.07, 6.45) is 5.26. The van der Waals surface area contributed by atoms with Crippen molar-refractivity contribution in [1.82, 2.24) is 15.1 Å². The summed E-state index contributed by atoms with van der Waals surface area (Å²) in [4.78, 5) is 58.3. The molecule has 1 aliphatic carbocycles. The maximum atomic E-state index is 14.2. The second-order valence-corrected chi connectivity index (χ2v) is 11.5. The van der Waals surface area contributed by atoms with Crippen molar-refractivity contribution < 1.29 is 19.2 Å². The molecule has 2 aromatic carbocycles. The lowest BCUT2D eigenvalue weighted by molar-refractivity contribution is -0.142. The molecule has 220 valence electrons. The summed E-state index contributed by atoms with van der Waals surface area (Å²) in [5.41, 5.74) is 6.86. The molecule has 0 radical (unpaired) electrons. The minimum atomic E-state index is -1.12. The number of hydrogen-bond donors (Lipinski definition) is 2. The standard InChI is InChI=1S/C32H38N6O4/c33-21-24-10-8-7-9-23(24)15-16-28(40)36-19-17-32(18-20-36)31(42)37(22-27(39)35-25-11-3-1-4-12-25)30(29(34)41)38(32)26-13-5-2-6-14-26/h2,5-10,13-14,25,30H,1,3-4,11-12,15-20,22H2,(H2,34,41)(H,35,39)/t30-/m0/s1. The van der Waals surface area contributed by atoms with Crippen LogP contribution in [0.4, 0.5) is 5.69 Å². The highest BCUT2D eigenvalue weighted by Crippen LogP contribution is 2.42. The van der Waals surface area contributed by atoms with Crippen molar-refractivity contribution in [2.24, 2.45) is 5.73 Å². The van der Waals surface area contributed by atoms with E-state index < -0.39 is 17.6 Å². The van der Waals surface area contributed by atoms with Gasteiger partial charge in [-0.1, -0.05) is 55.7 Å². The molecule has 5 rings (SSSR count). The highest BCUT2D eigenvalue weighted by atomic mass is 16.2. The van der Waals surface area contributed by atoms with Crippen LogP contribution in [0.2, 0.25) is 0 Å². The number of nitrogens with one attached hydrogen (secondary N) is 1. The van der Waals surface area contributed by atoms with Crippen LogP contribution in [0.5, 0.6) is 0 Å². The molecule has 4 amide bonds. The number of nitriles is 1. The predicted octanol–water partition coefficient (Wildman–Crippen LogP) is 2.46. The monoisotopic (exact) mass is 570 g/mol. The number of aryl methyl sites for hydroxylation is 1. The first-order valence-electron chi connectivity index (χ1n) is 14.8. The zero-order chi connectivity index (χ0) is 29.7. The Balaban J connectivity index is 1.34. The molecule has 0 unspecified atom stereocenters. The van der Waals surface area contributed by atoms with Gasteiger partial charge in [0, 0.05) is 31.2 Å². The molecule has 1 atom stereocenters. The number of amides is 4. The molecular weight excluding hydrogens is 532 g/mol. The lowest BCUT2D eigenvalue weighted by atomic mass is 9.85. The third-order valence-corrected chi connectivity index (χ3v) is 8.92. The van der Waals surface area contributed by atoms with Gasteiger partial charge in [0.15, 0.2) is 6.17 Å². The van der Waals surface area contributed by atoms with E-state index in [4.69, 9.17) is 5.73 Å². The fourth-order valence-corrected chi connectivity index (χ4v) is 6.77. The van der Waals surface area contributed by atoms with Crippen LogP contribution in [-0.2, 0) is 25.6 Å². The summed E-state index contributed by atoms with van der Waals surface area (Å²) in [6.45, 7) is 0.387. The first-order valence-corrected chi connectivity index (χ1v) is 14.8. The van der Waals surface area contributed by atoms with E-state index in [1.807, 2.05) is 42.5 Å². The summed E-state index contributed by atoms with van der Waals surface area (Å²) in [7, 11) is 0.